The molecular weight excluding hydrogens is 208 g/mol. The molecule has 2 fully saturated rings. The molecule has 0 aliphatic heterocycles. The number of rotatable bonds is 8. The van der Waals surface area contributed by atoms with Crippen molar-refractivity contribution >= 4 is 0 Å². The summed E-state index contributed by atoms with van der Waals surface area (Å²) in [5.74, 6) is 3.21. The van der Waals surface area contributed by atoms with E-state index in [4.69, 9.17) is 5.73 Å². The molecule has 0 aromatic carbocycles. The molecule has 2 bridgehead atoms. The van der Waals surface area contributed by atoms with Gasteiger partial charge in [-0.25, -0.2) is 0 Å². The Morgan fingerprint density at radius 1 is 1.06 bits per heavy atom. The van der Waals surface area contributed by atoms with E-state index < -0.39 is 0 Å². The van der Waals surface area contributed by atoms with Crippen LogP contribution >= 0.6 is 0 Å². The standard InChI is InChI=1S/C15H30N2/c1-17(9-5-3-2-4-8-16)12-15-11-13-6-7-14(15)10-13/h13-15H,2-12,16H2,1H3. The summed E-state index contributed by atoms with van der Waals surface area (Å²) >= 11 is 0. The van der Waals surface area contributed by atoms with Gasteiger partial charge in [0.15, 0.2) is 0 Å². The second-order valence-corrected chi connectivity index (χ2v) is 6.40. The summed E-state index contributed by atoms with van der Waals surface area (Å²) in [6.45, 7) is 3.51. The molecule has 2 N–H and O–H groups in total. The average molecular weight is 238 g/mol. The lowest BCUT2D eigenvalue weighted by molar-refractivity contribution is 0.217. The summed E-state index contributed by atoms with van der Waals surface area (Å²) in [7, 11) is 2.31. The van der Waals surface area contributed by atoms with Crippen LogP contribution in [-0.4, -0.2) is 31.6 Å². The molecule has 3 atom stereocenters. The molecule has 2 rings (SSSR count). The van der Waals surface area contributed by atoms with E-state index in [1.165, 1.54) is 58.0 Å². The Bertz CT molecular complexity index is 217. The van der Waals surface area contributed by atoms with Crippen LogP contribution in [0.25, 0.3) is 0 Å². The molecular formula is C15H30N2. The highest BCUT2D eigenvalue weighted by molar-refractivity contribution is 4.90. The van der Waals surface area contributed by atoms with Gasteiger partial charge in [0.05, 0.1) is 0 Å². The summed E-state index contributed by atoms with van der Waals surface area (Å²) in [5.41, 5.74) is 5.50. The van der Waals surface area contributed by atoms with Crippen LogP contribution in [0.5, 0.6) is 0 Å². The number of hydrogen-bond acceptors (Lipinski definition) is 2. The van der Waals surface area contributed by atoms with E-state index in [0.717, 1.165) is 24.3 Å². The Morgan fingerprint density at radius 2 is 1.88 bits per heavy atom. The van der Waals surface area contributed by atoms with E-state index in [-0.39, 0.29) is 0 Å². The summed E-state index contributed by atoms with van der Waals surface area (Å²) in [4.78, 5) is 2.58. The quantitative estimate of drug-likeness (QED) is 0.659. The van der Waals surface area contributed by atoms with Gasteiger partial charge in [0, 0.05) is 6.54 Å². The lowest BCUT2D eigenvalue weighted by atomic mass is 9.88. The van der Waals surface area contributed by atoms with Crippen molar-refractivity contribution < 1.29 is 0 Å². The molecule has 3 unspecified atom stereocenters. The largest absolute Gasteiger partial charge is 0.330 e. The third-order valence-corrected chi connectivity index (χ3v) is 4.92. The Hall–Kier alpha value is -0.0800. The maximum absolute atomic E-state index is 5.50. The van der Waals surface area contributed by atoms with Gasteiger partial charge in [-0.15, -0.1) is 0 Å². The maximum atomic E-state index is 5.50. The average Bonchev–Trinajstić information content (AvgIpc) is 2.90. The fourth-order valence-corrected chi connectivity index (χ4v) is 3.97. The first kappa shape index (κ1) is 13.4. The molecule has 0 aromatic rings. The Kier molecular flexibility index (Phi) is 5.30. The molecule has 0 saturated heterocycles. The van der Waals surface area contributed by atoms with Gasteiger partial charge in [0.1, 0.15) is 0 Å². The van der Waals surface area contributed by atoms with Crippen molar-refractivity contribution in [3.8, 4) is 0 Å². The predicted molar refractivity (Wildman–Crippen MR) is 74.0 cm³/mol. The van der Waals surface area contributed by atoms with E-state index in [1.807, 2.05) is 0 Å². The molecule has 2 nitrogen and oxygen atoms in total. The van der Waals surface area contributed by atoms with E-state index in [0.29, 0.717) is 0 Å². The third kappa shape index (κ3) is 3.96. The van der Waals surface area contributed by atoms with E-state index in [2.05, 4.69) is 11.9 Å². The Balaban J connectivity index is 1.53. The minimum absolute atomic E-state index is 0.862. The van der Waals surface area contributed by atoms with E-state index in [9.17, 15) is 0 Å². The van der Waals surface area contributed by atoms with Gasteiger partial charge in [-0.2, -0.15) is 0 Å². The Morgan fingerprint density at radius 3 is 2.53 bits per heavy atom. The zero-order valence-electron chi connectivity index (χ0n) is 11.5. The highest BCUT2D eigenvalue weighted by Crippen LogP contribution is 2.48. The van der Waals surface area contributed by atoms with Crippen molar-refractivity contribution in [3.05, 3.63) is 0 Å². The van der Waals surface area contributed by atoms with Gasteiger partial charge in [0.25, 0.3) is 0 Å². The molecule has 100 valence electrons. The fraction of sp³-hybridized carbons (Fsp3) is 1.00. The number of fused-ring (bicyclic) bond motifs is 2. The van der Waals surface area contributed by atoms with Crippen LogP contribution in [-0.2, 0) is 0 Å². The zero-order chi connectivity index (χ0) is 12.1. The molecule has 2 aliphatic carbocycles. The molecule has 0 aromatic heterocycles. The van der Waals surface area contributed by atoms with Gasteiger partial charge >= 0.3 is 0 Å². The molecule has 0 heterocycles. The number of unbranched alkanes of at least 4 members (excludes halogenated alkanes) is 3. The Labute approximate surface area is 107 Å². The van der Waals surface area contributed by atoms with Gasteiger partial charge < -0.3 is 10.6 Å². The van der Waals surface area contributed by atoms with Crippen LogP contribution in [0.4, 0.5) is 0 Å². The normalized spacial score (nSPS) is 31.6. The SMILES string of the molecule is CN(CCCCCCN)CC1CC2CCC1C2. The molecule has 2 heteroatoms. The van der Waals surface area contributed by atoms with Crippen molar-refractivity contribution in [2.45, 2.75) is 51.4 Å². The van der Waals surface area contributed by atoms with Crippen LogP contribution < -0.4 is 5.73 Å². The lowest BCUT2D eigenvalue weighted by Gasteiger charge is -2.27. The minimum atomic E-state index is 0.862. The van der Waals surface area contributed by atoms with Gasteiger partial charge in [0.2, 0.25) is 0 Å². The van der Waals surface area contributed by atoms with Crippen molar-refractivity contribution in [1.82, 2.24) is 4.90 Å². The van der Waals surface area contributed by atoms with E-state index in [1.54, 1.807) is 6.42 Å². The second-order valence-electron chi connectivity index (χ2n) is 6.40. The smallest absolute Gasteiger partial charge is 0.000936 e. The van der Waals surface area contributed by atoms with Crippen LogP contribution in [0, 0.1) is 17.8 Å². The molecule has 0 radical (unpaired) electrons. The number of nitrogens with zero attached hydrogens (tertiary/aromatic N) is 1. The van der Waals surface area contributed by atoms with Crippen LogP contribution in [0.2, 0.25) is 0 Å². The minimum Gasteiger partial charge on any atom is -0.330 e. The van der Waals surface area contributed by atoms with E-state index >= 15 is 0 Å². The molecule has 2 aliphatic rings. The second kappa shape index (κ2) is 6.75. The summed E-state index contributed by atoms with van der Waals surface area (Å²) < 4.78 is 0. The number of hydrogen-bond donors (Lipinski definition) is 1. The van der Waals surface area contributed by atoms with Gasteiger partial charge in [-0.05, 0) is 70.0 Å². The predicted octanol–water partition coefficient (Wildman–Crippen LogP) is 2.87. The van der Waals surface area contributed by atoms with Crippen LogP contribution in [0.3, 0.4) is 0 Å². The van der Waals surface area contributed by atoms with Gasteiger partial charge in [-0.1, -0.05) is 19.3 Å². The van der Waals surface area contributed by atoms with Crippen molar-refractivity contribution in [3.63, 3.8) is 0 Å². The molecule has 2 saturated carbocycles. The van der Waals surface area contributed by atoms with Crippen LogP contribution in [0.15, 0.2) is 0 Å². The van der Waals surface area contributed by atoms with Crippen LogP contribution in [0.1, 0.15) is 51.4 Å². The first-order valence-electron chi connectivity index (χ1n) is 7.68. The molecule has 0 spiro atoms. The topological polar surface area (TPSA) is 29.3 Å². The summed E-state index contributed by atoms with van der Waals surface area (Å²) in [5, 5.41) is 0. The van der Waals surface area contributed by atoms with Crippen molar-refractivity contribution in [2.24, 2.45) is 23.5 Å². The lowest BCUT2D eigenvalue weighted by Crippen LogP contribution is -2.29. The summed E-state index contributed by atoms with van der Waals surface area (Å²) in [6, 6.07) is 0. The third-order valence-electron chi connectivity index (χ3n) is 4.92. The summed E-state index contributed by atoms with van der Waals surface area (Å²) in [6.07, 6.45) is 11.4. The number of nitrogens with two attached hydrogens (primary N) is 1. The highest BCUT2D eigenvalue weighted by Gasteiger charge is 2.39. The fourth-order valence-electron chi connectivity index (χ4n) is 3.97. The first-order chi connectivity index (χ1) is 8.29. The highest BCUT2D eigenvalue weighted by atomic mass is 15.1. The monoisotopic (exact) mass is 238 g/mol. The molecule has 17 heavy (non-hydrogen) atoms. The first-order valence-corrected chi connectivity index (χ1v) is 7.68. The zero-order valence-corrected chi connectivity index (χ0v) is 11.5. The van der Waals surface area contributed by atoms with Crippen molar-refractivity contribution in [1.29, 1.82) is 0 Å². The molecule has 0 amide bonds. The van der Waals surface area contributed by atoms with Crippen molar-refractivity contribution in [2.75, 3.05) is 26.7 Å². The van der Waals surface area contributed by atoms with Gasteiger partial charge in [-0.3, -0.25) is 0 Å². The maximum Gasteiger partial charge on any atom is 0.000936 e.